The van der Waals surface area contributed by atoms with Crippen molar-refractivity contribution in [3.05, 3.63) is 20.0 Å². The Morgan fingerprint density at radius 3 is 2.55 bits per heavy atom. The number of aryl methyl sites for hydroxylation is 1. The molecule has 0 aromatic carbocycles. The van der Waals surface area contributed by atoms with Crippen molar-refractivity contribution in [3.8, 4) is 0 Å². The minimum Gasteiger partial charge on any atom is -0.398 e. The van der Waals surface area contributed by atoms with E-state index >= 15 is 0 Å². The molecule has 1 rings (SSSR count). The Kier molecular flexibility index (Phi) is 2.59. The van der Waals surface area contributed by atoms with E-state index in [1.165, 1.54) is 0 Å². The van der Waals surface area contributed by atoms with Crippen LogP contribution in [0.15, 0.2) is 0 Å². The summed E-state index contributed by atoms with van der Waals surface area (Å²) in [5.41, 5.74) is 8.40. The molecule has 0 saturated heterocycles. The molecule has 0 aliphatic carbocycles. The van der Waals surface area contributed by atoms with Gasteiger partial charge >= 0.3 is 0 Å². The molecule has 0 unspecified atom stereocenters. The van der Waals surface area contributed by atoms with Crippen LogP contribution in [0.3, 0.4) is 0 Å². The van der Waals surface area contributed by atoms with Crippen molar-refractivity contribution in [1.82, 2.24) is 4.98 Å². The highest BCUT2D eigenvalue weighted by molar-refractivity contribution is 14.1. The number of hydrogen-bond acceptors (Lipinski definition) is 2. The van der Waals surface area contributed by atoms with E-state index < -0.39 is 0 Å². The second kappa shape index (κ2) is 3.15. The number of nitrogen functional groups attached to an aromatic ring is 1. The van der Waals surface area contributed by atoms with Gasteiger partial charge in [0.25, 0.3) is 0 Å². The highest BCUT2D eigenvalue weighted by atomic mass is 127. The van der Waals surface area contributed by atoms with Crippen molar-refractivity contribution in [2.24, 2.45) is 0 Å². The largest absolute Gasteiger partial charge is 0.398 e. The first kappa shape index (κ1) is 9.06. The van der Waals surface area contributed by atoms with Crippen molar-refractivity contribution in [3.63, 3.8) is 0 Å². The van der Waals surface area contributed by atoms with E-state index in [1.807, 2.05) is 13.8 Å². The summed E-state index contributed by atoms with van der Waals surface area (Å²) >= 11 is 7.88. The monoisotopic (exact) mass is 282 g/mol. The van der Waals surface area contributed by atoms with Gasteiger partial charge in [-0.3, -0.25) is 0 Å². The zero-order chi connectivity index (χ0) is 8.59. The second-order valence-corrected chi connectivity index (χ2v) is 3.78. The lowest BCUT2D eigenvalue weighted by Gasteiger charge is -2.06. The quantitative estimate of drug-likeness (QED) is 0.587. The lowest BCUT2D eigenvalue weighted by atomic mass is 10.2. The molecule has 60 valence electrons. The minimum atomic E-state index is 0.492. The second-order valence-electron chi connectivity index (χ2n) is 2.34. The molecule has 0 amide bonds. The molecule has 1 aromatic heterocycles. The van der Waals surface area contributed by atoms with Gasteiger partial charge in [0, 0.05) is 5.69 Å². The SMILES string of the molecule is Cc1nc(Cl)c(I)c(N)c1C. The number of pyridine rings is 1. The van der Waals surface area contributed by atoms with E-state index in [1.54, 1.807) is 0 Å². The maximum atomic E-state index is 5.79. The van der Waals surface area contributed by atoms with E-state index in [0.29, 0.717) is 5.15 Å². The Morgan fingerprint density at radius 2 is 2.00 bits per heavy atom. The predicted octanol–water partition coefficient (Wildman–Crippen LogP) is 2.54. The van der Waals surface area contributed by atoms with Gasteiger partial charge in [-0.2, -0.15) is 0 Å². The molecule has 2 nitrogen and oxygen atoms in total. The Morgan fingerprint density at radius 1 is 1.45 bits per heavy atom. The highest BCUT2D eigenvalue weighted by Crippen LogP contribution is 2.26. The van der Waals surface area contributed by atoms with Gasteiger partial charge in [0.15, 0.2) is 0 Å². The van der Waals surface area contributed by atoms with Crippen LogP contribution in [0.5, 0.6) is 0 Å². The average molecular weight is 283 g/mol. The first-order valence-corrected chi connectivity index (χ1v) is 4.57. The summed E-state index contributed by atoms with van der Waals surface area (Å²) in [6.45, 7) is 3.84. The van der Waals surface area contributed by atoms with Crippen LogP contribution in [-0.2, 0) is 0 Å². The fourth-order valence-corrected chi connectivity index (χ4v) is 1.50. The molecule has 0 aliphatic rings. The van der Waals surface area contributed by atoms with Gasteiger partial charge in [-0.1, -0.05) is 11.6 Å². The third-order valence-corrected chi connectivity index (χ3v) is 3.31. The maximum Gasteiger partial charge on any atom is 0.144 e. The molecule has 4 heteroatoms. The lowest BCUT2D eigenvalue weighted by Crippen LogP contribution is -1.99. The Labute approximate surface area is 84.3 Å². The molecule has 1 heterocycles. The Balaban J connectivity index is 3.46. The van der Waals surface area contributed by atoms with E-state index in [4.69, 9.17) is 17.3 Å². The topological polar surface area (TPSA) is 38.9 Å². The summed E-state index contributed by atoms with van der Waals surface area (Å²) in [7, 11) is 0. The summed E-state index contributed by atoms with van der Waals surface area (Å²) in [4.78, 5) is 4.11. The fourth-order valence-electron chi connectivity index (χ4n) is 0.751. The summed E-state index contributed by atoms with van der Waals surface area (Å²) < 4.78 is 0.840. The molecule has 11 heavy (non-hydrogen) atoms. The molecule has 0 fully saturated rings. The summed E-state index contributed by atoms with van der Waals surface area (Å²) in [5, 5.41) is 0.492. The van der Waals surface area contributed by atoms with E-state index in [0.717, 1.165) is 20.5 Å². The molecule has 0 aliphatic heterocycles. The van der Waals surface area contributed by atoms with Gasteiger partial charge < -0.3 is 5.73 Å². The molecular formula is C7H8ClIN2. The summed E-state index contributed by atoms with van der Waals surface area (Å²) in [6.07, 6.45) is 0. The first-order valence-electron chi connectivity index (χ1n) is 3.11. The van der Waals surface area contributed by atoms with Crippen LogP contribution in [0.1, 0.15) is 11.3 Å². The molecule has 1 aromatic rings. The van der Waals surface area contributed by atoms with Crippen molar-refractivity contribution < 1.29 is 0 Å². The third kappa shape index (κ3) is 1.59. The fraction of sp³-hybridized carbons (Fsp3) is 0.286. The molecule has 0 radical (unpaired) electrons. The normalized spacial score (nSPS) is 10.2. The van der Waals surface area contributed by atoms with Crippen molar-refractivity contribution >= 4 is 39.9 Å². The highest BCUT2D eigenvalue weighted by Gasteiger charge is 2.07. The van der Waals surface area contributed by atoms with Crippen LogP contribution >= 0.6 is 34.2 Å². The zero-order valence-electron chi connectivity index (χ0n) is 6.28. The van der Waals surface area contributed by atoms with E-state index in [2.05, 4.69) is 27.6 Å². The molecule has 0 spiro atoms. The van der Waals surface area contributed by atoms with Gasteiger partial charge in [-0.05, 0) is 42.0 Å². The minimum absolute atomic E-state index is 0.492. The van der Waals surface area contributed by atoms with Crippen LogP contribution in [0, 0.1) is 17.4 Å². The lowest BCUT2D eigenvalue weighted by molar-refractivity contribution is 1.14. The average Bonchev–Trinajstić information content (AvgIpc) is 1.97. The molecule has 0 bridgehead atoms. The van der Waals surface area contributed by atoms with Gasteiger partial charge in [0.1, 0.15) is 5.15 Å². The van der Waals surface area contributed by atoms with E-state index in [9.17, 15) is 0 Å². The number of anilines is 1. The van der Waals surface area contributed by atoms with Crippen LogP contribution < -0.4 is 5.73 Å². The van der Waals surface area contributed by atoms with Gasteiger partial charge in [0.05, 0.1) is 9.26 Å². The van der Waals surface area contributed by atoms with Gasteiger partial charge in [0.2, 0.25) is 0 Å². The Bertz CT molecular complexity index is 273. The number of aromatic nitrogens is 1. The van der Waals surface area contributed by atoms with Crippen molar-refractivity contribution in [1.29, 1.82) is 0 Å². The van der Waals surface area contributed by atoms with Crippen LogP contribution in [0.4, 0.5) is 5.69 Å². The van der Waals surface area contributed by atoms with Crippen LogP contribution in [0.25, 0.3) is 0 Å². The first-order chi connectivity index (χ1) is 5.04. The smallest absolute Gasteiger partial charge is 0.144 e. The molecule has 0 saturated carbocycles. The van der Waals surface area contributed by atoms with Gasteiger partial charge in [-0.15, -0.1) is 0 Å². The number of nitrogens with two attached hydrogens (primary N) is 1. The van der Waals surface area contributed by atoms with Crippen LogP contribution in [-0.4, -0.2) is 4.98 Å². The molecular weight excluding hydrogens is 274 g/mol. The summed E-state index contributed by atoms with van der Waals surface area (Å²) in [6, 6.07) is 0. The van der Waals surface area contributed by atoms with Crippen molar-refractivity contribution in [2.45, 2.75) is 13.8 Å². The number of halogens is 2. The maximum absolute atomic E-state index is 5.79. The van der Waals surface area contributed by atoms with Crippen molar-refractivity contribution in [2.75, 3.05) is 5.73 Å². The van der Waals surface area contributed by atoms with Crippen LogP contribution in [0.2, 0.25) is 5.15 Å². The predicted molar refractivity (Wildman–Crippen MR) is 55.9 cm³/mol. The standard InChI is InChI=1S/C7H8ClIN2/c1-3-4(2)11-7(8)5(9)6(3)10/h1-2H3,(H2,10,11). The number of hydrogen-bond donors (Lipinski definition) is 1. The molecule has 2 N–H and O–H groups in total. The van der Waals surface area contributed by atoms with E-state index in [-0.39, 0.29) is 0 Å². The molecule has 0 atom stereocenters. The number of nitrogens with zero attached hydrogens (tertiary/aromatic N) is 1. The third-order valence-electron chi connectivity index (χ3n) is 1.63. The zero-order valence-corrected chi connectivity index (χ0v) is 9.19. The number of rotatable bonds is 0. The Hall–Kier alpha value is -0.0300. The van der Waals surface area contributed by atoms with Gasteiger partial charge in [-0.25, -0.2) is 4.98 Å². The summed E-state index contributed by atoms with van der Waals surface area (Å²) in [5.74, 6) is 0.